The molecule has 0 spiro atoms. The van der Waals surface area contributed by atoms with E-state index in [0.29, 0.717) is 29.8 Å². The van der Waals surface area contributed by atoms with Crippen molar-refractivity contribution in [3.63, 3.8) is 0 Å². The Balaban J connectivity index is 1.88. The molecular formula is C14H26F3N5O4S2. The van der Waals surface area contributed by atoms with Gasteiger partial charge in [-0.1, -0.05) is 0 Å². The smallest absolute Gasteiger partial charge is 0.357 e. The van der Waals surface area contributed by atoms with E-state index in [-0.39, 0.29) is 50.8 Å². The topological polar surface area (TPSA) is 111 Å². The number of rotatable bonds is 6. The van der Waals surface area contributed by atoms with Crippen molar-refractivity contribution < 1.29 is 30.0 Å². The first-order valence-corrected chi connectivity index (χ1v) is 12.1. The summed E-state index contributed by atoms with van der Waals surface area (Å²) < 4.78 is 86.2. The third-order valence-corrected chi connectivity index (χ3v) is 8.18. The van der Waals surface area contributed by atoms with Crippen LogP contribution in [-0.2, 0) is 20.0 Å². The van der Waals surface area contributed by atoms with Gasteiger partial charge in [0.1, 0.15) is 0 Å². The molecule has 0 aromatic heterocycles. The SMILES string of the molecule is CCNC(=NCCN1CCCS1(=O)=O)NC1CCN(S(=O)(=O)C(F)(F)F)CC1. The van der Waals surface area contributed by atoms with Crippen molar-refractivity contribution in [3.05, 3.63) is 0 Å². The number of sulfonamides is 2. The summed E-state index contributed by atoms with van der Waals surface area (Å²) in [6.07, 6.45) is 1.02. The molecule has 14 heteroatoms. The van der Waals surface area contributed by atoms with Gasteiger partial charge in [0.2, 0.25) is 10.0 Å². The first-order valence-electron chi connectivity index (χ1n) is 9.06. The monoisotopic (exact) mass is 449 g/mol. The average Bonchev–Trinajstić information content (AvgIpc) is 2.93. The Bertz CT molecular complexity index is 762. The fourth-order valence-electron chi connectivity index (χ4n) is 3.12. The van der Waals surface area contributed by atoms with Crippen LogP contribution in [0.15, 0.2) is 4.99 Å². The molecule has 2 saturated heterocycles. The van der Waals surface area contributed by atoms with Crippen molar-refractivity contribution >= 4 is 26.0 Å². The summed E-state index contributed by atoms with van der Waals surface area (Å²) in [7, 11) is -8.49. The number of piperidine rings is 1. The van der Waals surface area contributed by atoms with Gasteiger partial charge in [0, 0.05) is 38.8 Å². The molecule has 0 radical (unpaired) electrons. The van der Waals surface area contributed by atoms with Gasteiger partial charge in [-0.15, -0.1) is 0 Å². The minimum atomic E-state index is -5.30. The normalized spacial score (nSPS) is 23.1. The van der Waals surface area contributed by atoms with E-state index < -0.39 is 25.6 Å². The van der Waals surface area contributed by atoms with Crippen LogP contribution < -0.4 is 10.6 Å². The minimum Gasteiger partial charge on any atom is -0.357 e. The maximum Gasteiger partial charge on any atom is 0.511 e. The van der Waals surface area contributed by atoms with Gasteiger partial charge in [-0.3, -0.25) is 4.99 Å². The largest absolute Gasteiger partial charge is 0.511 e. The average molecular weight is 450 g/mol. The van der Waals surface area contributed by atoms with Crippen LogP contribution in [0.3, 0.4) is 0 Å². The van der Waals surface area contributed by atoms with E-state index >= 15 is 0 Å². The number of halogens is 3. The molecule has 0 atom stereocenters. The summed E-state index contributed by atoms with van der Waals surface area (Å²) >= 11 is 0. The molecule has 0 amide bonds. The minimum absolute atomic E-state index is 0.147. The van der Waals surface area contributed by atoms with E-state index in [9.17, 15) is 30.0 Å². The molecule has 0 aromatic carbocycles. The fourth-order valence-corrected chi connectivity index (χ4v) is 5.62. The summed E-state index contributed by atoms with van der Waals surface area (Å²) in [5.41, 5.74) is -5.29. The molecule has 2 aliphatic heterocycles. The number of hydrogen-bond donors (Lipinski definition) is 2. The molecule has 2 rings (SSSR count). The van der Waals surface area contributed by atoms with Crippen molar-refractivity contribution in [1.82, 2.24) is 19.2 Å². The number of aliphatic imine (C=N–C) groups is 1. The maximum absolute atomic E-state index is 12.6. The van der Waals surface area contributed by atoms with E-state index in [4.69, 9.17) is 0 Å². The molecular weight excluding hydrogens is 423 g/mol. The van der Waals surface area contributed by atoms with E-state index in [1.54, 1.807) is 0 Å². The zero-order valence-electron chi connectivity index (χ0n) is 15.6. The van der Waals surface area contributed by atoms with Crippen molar-refractivity contribution in [2.75, 3.05) is 45.0 Å². The highest BCUT2D eigenvalue weighted by Crippen LogP contribution is 2.28. The molecule has 2 fully saturated rings. The quantitative estimate of drug-likeness (QED) is 0.433. The molecule has 0 bridgehead atoms. The molecule has 28 heavy (non-hydrogen) atoms. The van der Waals surface area contributed by atoms with Crippen LogP contribution in [0.4, 0.5) is 13.2 Å². The zero-order chi connectivity index (χ0) is 21.0. The summed E-state index contributed by atoms with van der Waals surface area (Å²) in [5, 5.41) is 6.08. The molecule has 2 aliphatic rings. The lowest BCUT2D eigenvalue weighted by Crippen LogP contribution is -2.51. The van der Waals surface area contributed by atoms with Gasteiger partial charge >= 0.3 is 15.5 Å². The lowest BCUT2D eigenvalue weighted by atomic mass is 10.1. The number of alkyl halides is 3. The van der Waals surface area contributed by atoms with E-state index in [2.05, 4.69) is 15.6 Å². The number of hydrogen-bond acceptors (Lipinski definition) is 5. The van der Waals surface area contributed by atoms with Crippen LogP contribution in [0.1, 0.15) is 26.2 Å². The first kappa shape index (κ1) is 23.2. The van der Waals surface area contributed by atoms with Crippen molar-refractivity contribution in [1.29, 1.82) is 0 Å². The molecule has 0 saturated carbocycles. The lowest BCUT2D eigenvalue weighted by molar-refractivity contribution is -0.0494. The second kappa shape index (κ2) is 9.13. The van der Waals surface area contributed by atoms with Crippen LogP contribution in [0.2, 0.25) is 0 Å². The van der Waals surface area contributed by atoms with E-state index in [1.807, 2.05) is 6.92 Å². The second-order valence-electron chi connectivity index (χ2n) is 6.60. The van der Waals surface area contributed by atoms with Gasteiger partial charge in [0.25, 0.3) is 0 Å². The predicted molar refractivity (Wildman–Crippen MR) is 98.7 cm³/mol. The first-order chi connectivity index (χ1) is 13.0. The van der Waals surface area contributed by atoms with Crippen molar-refractivity contribution in [2.24, 2.45) is 4.99 Å². The fraction of sp³-hybridized carbons (Fsp3) is 0.929. The Labute approximate surface area is 163 Å². The summed E-state index contributed by atoms with van der Waals surface area (Å²) in [6.45, 7) is 2.93. The molecule has 2 N–H and O–H groups in total. The third-order valence-electron chi connectivity index (χ3n) is 4.59. The molecule has 164 valence electrons. The molecule has 0 unspecified atom stereocenters. The maximum atomic E-state index is 12.6. The Morgan fingerprint density at radius 3 is 2.36 bits per heavy atom. The third kappa shape index (κ3) is 5.70. The van der Waals surface area contributed by atoms with Crippen molar-refractivity contribution in [2.45, 2.75) is 37.7 Å². The Morgan fingerprint density at radius 1 is 1.21 bits per heavy atom. The second-order valence-corrected chi connectivity index (χ2v) is 10.6. The van der Waals surface area contributed by atoms with Crippen LogP contribution in [0.5, 0.6) is 0 Å². The highest BCUT2D eigenvalue weighted by atomic mass is 32.2. The van der Waals surface area contributed by atoms with Crippen LogP contribution >= 0.6 is 0 Å². The lowest BCUT2D eigenvalue weighted by Gasteiger charge is -2.32. The Morgan fingerprint density at radius 2 is 1.86 bits per heavy atom. The van der Waals surface area contributed by atoms with Gasteiger partial charge < -0.3 is 10.6 Å². The highest BCUT2D eigenvalue weighted by Gasteiger charge is 2.50. The van der Waals surface area contributed by atoms with Crippen molar-refractivity contribution in [3.8, 4) is 0 Å². The van der Waals surface area contributed by atoms with Gasteiger partial charge in [0.15, 0.2) is 5.96 Å². The van der Waals surface area contributed by atoms with Crippen LogP contribution in [-0.4, -0.2) is 88.0 Å². The Kier molecular flexibility index (Phi) is 7.56. The number of nitrogens with zero attached hydrogens (tertiary/aromatic N) is 3. The number of guanidine groups is 1. The number of nitrogens with one attached hydrogen (secondary N) is 2. The summed E-state index contributed by atoms with van der Waals surface area (Å²) in [5.74, 6) is 0.574. The van der Waals surface area contributed by atoms with E-state index in [1.165, 1.54) is 4.31 Å². The van der Waals surface area contributed by atoms with Crippen LogP contribution in [0, 0.1) is 0 Å². The van der Waals surface area contributed by atoms with Crippen LogP contribution in [0.25, 0.3) is 0 Å². The molecule has 9 nitrogen and oxygen atoms in total. The zero-order valence-corrected chi connectivity index (χ0v) is 17.2. The summed E-state index contributed by atoms with van der Waals surface area (Å²) in [4.78, 5) is 4.32. The summed E-state index contributed by atoms with van der Waals surface area (Å²) in [6, 6.07) is -0.229. The molecule has 0 aliphatic carbocycles. The van der Waals surface area contributed by atoms with Gasteiger partial charge in [0.05, 0.1) is 12.3 Å². The predicted octanol–water partition coefficient (Wildman–Crippen LogP) is -0.109. The standard InChI is InChI=1S/C14H26F3N5O4S2/c1-2-18-13(19-6-10-21-7-3-11-27(21,23)24)20-12-4-8-22(9-5-12)28(25,26)14(15,16)17/h12H,2-11H2,1H3,(H2,18,19,20). The molecule has 2 heterocycles. The Hall–Kier alpha value is -1.12. The van der Waals surface area contributed by atoms with E-state index in [0.717, 1.165) is 0 Å². The highest BCUT2D eigenvalue weighted by molar-refractivity contribution is 7.90. The van der Waals surface area contributed by atoms with Gasteiger partial charge in [-0.05, 0) is 26.2 Å². The van der Waals surface area contributed by atoms with Gasteiger partial charge in [-0.2, -0.15) is 17.5 Å². The van der Waals surface area contributed by atoms with Gasteiger partial charge in [-0.25, -0.2) is 21.1 Å². The molecule has 0 aromatic rings.